The van der Waals surface area contributed by atoms with Gasteiger partial charge in [-0.25, -0.2) is 0 Å². The van der Waals surface area contributed by atoms with Gasteiger partial charge in [0, 0.05) is 30.6 Å². The molecule has 1 N–H and O–H groups in total. The highest BCUT2D eigenvalue weighted by Gasteiger charge is 2.71. The van der Waals surface area contributed by atoms with E-state index in [4.69, 9.17) is 4.74 Å². The van der Waals surface area contributed by atoms with Crippen LogP contribution in [0.5, 0.6) is 5.75 Å². The van der Waals surface area contributed by atoms with E-state index in [-0.39, 0.29) is 29.6 Å². The molecule has 9 heteroatoms. The Labute approximate surface area is 238 Å². The zero-order chi connectivity index (χ0) is 28.0. The number of amides is 3. The molecule has 4 heterocycles. The van der Waals surface area contributed by atoms with Gasteiger partial charge >= 0.3 is 0 Å². The number of nitrogens with zero attached hydrogens (tertiary/aromatic N) is 3. The first-order chi connectivity index (χ1) is 19.4. The summed E-state index contributed by atoms with van der Waals surface area (Å²) in [5, 5.41) is 9.92. The van der Waals surface area contributed by atoms with E-state index in [1.54, 1.807) is 47.7 Å². The average molecular weight is 560 g/mol. The first kappa shape index (κ1) is 26.7. The Morgan fingerprint density at radius 2 is 1.75 bits per heavy atom. The van der Waals surface area contributed by atoms with Crippen LogP contribution in [0, 0.1) is 11.8 Å². The van der Waals surface area contributed by atoms with Crippen LogP contribution < -0.4 is 9.64 Å². The third kappa shape index (κ3) is 4.14. The van der Waals surface area contributed by atoms with Crippen molar-refractivity contribution in [1.82, 2.24) is 9.80 Å². The molecule has 0 saturated carbocycles. The number of carbonyl (C=O) groups excluding carboxylic acids is 3. The lowest BCUT2D eigenvalue weighted by molar-refractivity contribution is -0.144. The fourth-order valence-corrected chi connectivity index (χ4v) is 8.62. The van der Waals surface area contributed by atoms with Crippen LogP contribution in [-0.2, 0) is 20.9 Å². The summed E-state index contributed by atoms with van der Waals surface area (Å²) in [5.74, 6) is -1.18. The number of carbonyl (C=O) groups is 3. The number of fused-ring (bicyclic) bond motifs is 2. The minimum Gasteiger partial charge on any atom is -0.497 e. The van der Waals surface area contributed by atoms with E-state index in [1.807, 2.05) is 71.7 Å². The highest BCUT2D eigenvalue weighted by Crippen LogP contribution is 2.61. The summed E-state index contributed by atoms with van der Waals surface area (Å²) in [6, 6.07) is 15.7. The number of rotatable bonds is 6. The molecule has 208 valence electrons. The fraction of sp³-hybridized carbons (Fsp3) is 0.387. The molecule has 1 spiro atoms. The number of benzene rings is 2. The summed E-state index contributed by atoms with van der Waals surface area (Å²) < 4.78 is 4.36. The number of thioether (sulfide) groups is 1. The lowest BCUT2D eigenvalue weighted by Gasteiger charge is -2.37. The molecule has 1 unspecified atom stereocenters. The second-order valence-electron chi connectivity index (χ2n) is 10.8. The zero-order valence-electron chi connectivity index (χ0n) is 22.6. The fourth-order valence-electron chi connectivity index (χ4n) is 6.63. The summed E-state index contributed by atoms with van der Waals surface area (Å²) in [5.41, 5.74) is 1.72. The molecule has 2 fully saturated rings. The van der Waals surface area contributed by atoms with Crippen molar-refractivity contribution >= 4 is 35.2 Å². The maximum Gasteiger partial charge on any atom is 0.251 e. The number of likely N-dealkylation sites (tertiary alicyclic amines) is 1. The van der Waals surface area contributed by atoms with Crippen LogP contribution >= 0.6 is 11.8 Å². The minimum atomic E-state index is -0.927. The van der Waals surface area contributed by atoms with Gasteiger partial charge in [-0.1, -0.05) is 54.6 Å². The van der Waals surface area contributed by atoms with Gasteiger partial charge in [0.05, 0.1) is 36.3 Å². The van der Waals surface area contributed by atoms with Crippen LogP contribution in [0.1, 0.15) is 12.5 Å². The van der Waals surface area contributed by atoms with Crippen molar-refractivity contribution in [3.63, 3.8) is 0 Å². The summed E-state index contributed by atoms with van der Waals surface area (Å²) in [7, 11) is 1.59. The molecule has 0 aromatic heterocycles. The number of aliphatic hydroxyl groups excluding tert-OH is 1. The van der Waals surface area contributed by atoms with Crippen LogP contribution in [0.2, 0.25) is 0 Å². The second kappa shape index (κ2) is 10.4. The van der Waals surface area contributed by atoms with E-state index in [1.165, 1.54) is 0 Å². The van der Waals surface area contributed by atoms with Crippen molar-refractivity contribution in [2.75, 3.05) is 31.7 Å². The largest absolute Gasteiger partial charge is 0.497 e. The van der Waals surface area contributed by atoms with Crippen LogP contribution in [0.25, 0.3) is 0 Å². The summed E-state index contributed by atoms with van der Waals surface area (Å²) >= 11 is 1.55. The molecule has 2 aromatic carbocycles. The van der Waals surface area contributed by atoms with Gasteiger partial charge < -0.3 is 24.5 Å². The van der Waals surface area contributed by atoms with Crippen molar-refractivity contribution < 1.29 is 24.2 Å². The van der Waals surface area contributed by atoms with Gasteiger partial charge in [-0.05, 0) is 36.8 Å². The van der Waals surface area contributed by atoms with Crippen LogP contribution in [0.15, 0.2) is 78.9 Å². The van der Waals surface area contributed by atoms with Crippen molar-refractivity contribution in [1.29, 1.82) is 0 Å². The molecule has 4 aliphatic heterocycles. The van der Waals surface area contributed by atoms with Gasteiger partial charge in [-0.15, -0.1) is 11.8 Å². The van der Waals surface area contributed by atoms with Crippen molar-refractivity contribution in [3.8, 4) is 5.75 Å². The lowest BCUT2D eigenvalue weighted by atomic mass is 9.78. The van der Waals surface area contributed by atoms with Crippen LogP contribution in [0.3, 0.4) is 0 Å². The topological polar surface area (TPSA) is 90.4 Å². The van der Waals surface area contributed by atoms with Crippen LogP contribution in [0.4, 0.5) is 5.69 Å². The number of aliphatic hydroxyl groups is 1. The normalized spacial score (nSPS) is 30.1. The standard InChI is InChI=1S/C31H33N3O5S/c1-20(19-35)34-27-30(38)33(22-11-13-23(39-2)14-12-22)17-7-15-31(27)26(29(34)37)25-24(40-31)10-6-16-32(28(25)36)18-21-8-4-3-5-9-21/h3-15,20,24-27,35H,16-19H2,1-2H3/t20-,24-,25+,26+,27?,31+/m1/s1. The monoisotopic (exact) mass is 559 g/mol. The third-order valence-electron chi connectivity index (χ3n) is 8.52. The lowest BCUT2D eigenvalue weighted by Crippen LogP contribution is -2.56. The van der Waals surface area contributed by atoms with Gasteiger partial charge in [0.1, 0.15) is 11.8 Å². The van der Waals surface area contributed by atoms with Crippen LogP contribution in [-0.4, -0.2) is 81.5 Å². The molecule has 2 aromatic rings. The van der Waals surface area contributed by atoms with E-state index >= 15 is 0 Å². The molecule has 6 rings (SSSR count). The van der Waals surface area contributed by atoms with Crippen molar-refractivity contribution in [3.05, 3.63) is 84.5 Å². The maximum atomic E-state index is 14.4. The molecular formula is C31H33N3O5S. The highest BCUT2D eigenvalue weighted by atomic mass is 32.2. The minimum absolute atomic E-state index is 0.0732. The quantitative estimate of drug-likeness (QED) is 0.548. The summed E-state index contributed by atoms with van der Waals surface area (Å²) in [6.07, 6.45) is 7.99. The van der Waals surface area contributed by atoms with Crippen molar-refractivity contribution in [2.24, 2.45) is 11.8 Å². The zero-order valence-corrected chi connectivity index (χ0v) is 23.4. The summed E-state index contributed by atoms with van der Waals surface area (Å²) in [6.45, 7) is 2.73. The maximum absolute atomic E-state index is 14.4. The molecule has 2 saturated heterocycles. The predicted molar refractivity (Wildman–Crippen MR) is 154 cm³/mol. The number of hydrogen-bond acceptors (Lipinski definition) is 6. The molecule has 6 atom stereocenters. The molecule has 8 nitrogen and oxygen atoms in total. The molecular weight excluding hydrogens is 526 g/mol. The third-order valence-corrected chi connectivity index (χ3v) is 10.3. The molecule has 4 aliphatic rings. The molecule has 3 amide bonds. The Kier molecular flexibility index (Phi) is 6.96. The predicted octanol–water partition coefficient (Wildman–Crippen LogP) is 2.87. The van der Waals surface area contributed by atoms with E-state index in [9.17, 15) is 19.5 Å². The first-order valence-electron chi connectivity index (χ1n) is 13.6. The Morgan fingerprint density at radius 3 is 2.45 bits per heavy atom. The molecule has 0 bridgehead atoms. The van der Waals surface area contributed by atoms with Gasteiger partial charge in [-0.2, -0.15) is 0 Å². The van der Waals surface area contributed by atoms with Crippen molar-refractivity contribution in [2.45, 2.75) is 35.5 Å². The van der Waals surface area contributed by atoms with Gasteiger partial charge in [0.25, 0.3) is 5.91 Å². The second-order valence-corrected chi connectivity index (χ2v) is 12.3. The Balaban J connectivity index is 1.40. The first-order valence-corrected chi connectivity index (χ1v) is 14.5. The van der Waals surface area contributed by atoms with E-state index in [2.05, 4.69) is 0 Å². The highest BCUT2D eigenvalue weighted by molar-refractivity contribution is 8.02. The van der Waals surface area contributed by atoms with E-state index < -0.39 is 28.7 Å². The number of ether oxygens (including phenoxy) is 1. The van der Waals surface area contributed by atoms with Gasteiger partial charge in [0.15, 0.2) is 0 Å². The molecule has 40 heavy (non-hydrogen) atoms. The molecule has 0 radical (unpaired) electrons. The Hall–Kier alpha value is -3.56. The Morgan fingerprint density at radius 1 is 1.00 bits per heavy atom. The Bertz CT molecular complexity index is 1360. The molecule has 0 aliphatic carbocycles. The number of hydrogen-bond donors (Lipinski definition) is 1. The smallest absolute Gasteiger partial charge is 0.251 e. The van der Waals surface area contributed by atoms with Gasteiger partial charge in [-0.3, -0.25) is 14.4 Å². The average Bonchev–Trinajstić information content (AvgIpc) is 3.31. The number of methoxy groups -OCH3 is 1. The van der Waals surface area contributed by atoms with Gasteiger partial charge in [0.2, 0.25) is 11.8 Å². The van der Waals surface area contributed by atoms with E-state index in [0.29, 0.717) is 31.1 Å². The van der Waals surface area contributed by atoms with E-state index in [0.717, 1.165) is 5.56 Å². The number of anilines is 1. The summed E-state index contributed by atoms with van der Waals surface area (Å²) in [4.78, 5) is 47.9. The SMILES string of the molecule is COc1ccc(N2CC=C[C@]34S[C@@H]5C=CCN(Cc6ccccc6)C(=O)[C@@H]5[C@H]3C(=O)N([C@H](C)CO)C4C2=O)cc1.